The smallest absolute Gasteiger partial charge is 0.255 e. The molecule has 0 saturated carbocycles. The van der Waals surface area contributed by atoms with Crippen LogP contribution >= 0.6 is 39.0 Å². The number of halogens is 1. The Balaban J connectivity index is 1.70. The van der Waals surface area contributed by atoms with E-state index in [-0.39, 0.29) is 5.91 Å². The van der Waals surface area contributed by atoms with E-state index in [9.17, 15) is 13.2 Å². The summed E-state index contributed by atoms with van der Waals surface area (Å²) in [4.78, 5) is 15.7. The molecule has 3 rings (SSSR count). The number of nitrogens with zero attached hydrogens (tertiary/aromatic N) is 2. The second-order valence-electron chi connectivity index (χ2n) is 6.42. The van der Waals surface area contributed by atoms with Gasteiger partial charge in [-0.3, -0.25) is 4.79 Å². The molecule has 0 unspecified atom stereocenters. The van der Waals surface area contributed by atoms with Crippen molar-refractivity contribution in [3.05, 3.63) is 45.7 Å². The van der Waals surface area contributed by atoms with Crippen LogP contribution < -0.4 is 0 Å². The van der Waals surface area contributed by atoms with Crippen LogP contribution in [0.4, 0.5) is 0 Å². The van der Waals surface area contributed by atoms with Crippen molar-refractivity contribution in [3.8, 4) is 0 Å². The molecule has 1 aromatic heterocycles. The zero-order valence-electron chi connectivity index (χ0n) is 15.1. The van der Waals surface area contributed by atoms with Gasteiger partial charge in [0.05, 0.1) is 9.35 Å². The third-order valence-corrected chi connectivity index (χ3v) is 9.22. The van der Waals surface area contributed by atoms with Crippen molar-refractivity contribution >= 4 is 55.0 Å². The number of thioether (sulfide) groups is 1. The monoisotopic (exact) mass is 488 g/mol. The van der Waals surface area contributed by atoms with Gasteiger partial charge in [0, 0.05) is 36.3 Å². The van der Waals surface area contributed by atoms with Crippen LogP contribution in [0.1, 0.15) is 24.2 Å². The summed E-state index contributed by atoms with van der Waals surface area (Å²) in [5, 5.41) is 0.381. The van der Waals surface area contributed by atoms with E-state index in [0.717, 1.165) is 8.68 Å². The lowest BCUT2D eigenvalue weighted by Crippen LogP contribution is -2.50. The summed E-state index contributed by atoms with van der Waals surface area (Å²) in [7, 11) is -3.50. The Morgan fingerprint density at radius 1 is 1.11 bits per heavy atom. The van der Waals surface area contributed by atoms with Gasteiger partial charge in [-0.25, -0.2) is 8.42 Å². The number of sulfonamides is 1. The molecule has 27 heavy (non-hydrogen) atoms. The average Bonchev–Trinajstić information content (AvgIpc) is 3.08. The molecular formula is C18H21BrN2O3S3. The molecular weight excluding hydrogens is 468 g/mol. The average molecular weight is 489 g/mol. The topological polar surface area (TPSA) is 57.7 Å². The van der Waals surface area contributed by atoms with Crippen molar-refractivity contribution in [3.63, 3.8) is 0 Å². The second kappa shape index (κ2) is 8.65. The zero-order chi connectivity index (χ0) is 19.6. The van der Waals surface area contributed by atoms with E-state index in [2.05, 4.69) is 29.8 Å². The van der Waals surface area contributed by atoms with Crippen molar-refractivity contribution in [2.75, 3.05) is 26.2 Å². The highest BCUT2D eigenvalue weighted by molar-refractivity contribution is 9.11. The summed E-state index contributed by atoms with van der Waals surface area (Å²) in [6.45, 7) is 5.60. The van der Waals surface area contributed by atoms with Gasteiger partial charge >= 0.3 is 0 Å². The number of piperazine rings is 1. The number of hydrogen-bond donors (Lipinski definition) is 0. The van der Waals surface area contributed by atoms with Gasteiger partial charge in [0.1, 0.15) is 4.21 Å². The van der Waals surface area contributed by atoms with Crippen molar-refractivity contribution in [1.82, 2.24) is 9.21 Å². The molecule has 0 spiro atoms. The van der Waals surface area contributed by atoms with Crippen LogP contribution in [0, 0.1) is 0 Å². The number of rotatable bonds is 5. The fourth-order valence-electron chi connectivity index (χ4n) is 2.87. The lowest BCUT2D eigenvalue weighted by Gasteiger charge is -2.34. The molecule has 0 aliphatic carbocycles. The standard InChI is InChI=1S/C18H21BrN2O3S3/c1-13(2)25-15-6-4-3-5-14(15)18(22)20-9-11-21(12-10-20)27(23,24)17-8-7-16(19)26-17/h3-8,13H,9-12H2,1-2H3. The molecule has 1 aromatic carbocycles. The Kier molecular flexibility index (Phi) is 6.68. The van der Waals surface area contributed by atoms with Gasteiger partial charge < -0.3 is 4.90 Å². The minimum absolute atomic E-state index is 0.0327. The molecule has 146 valence electrons. The Bertz CT molecular complexity index is 919. The molecule has 2 heterocycles. The molecule has 1 aliphatic heterocycles. The van der Waals surface area contributed by atoms with Gasteiger partial charge in [0.2, 0.25) is 0 Å². The van der Waals surface area contributed by atoms with Gasteiger partial charge in [-0.2, -0.15) is 4.31 Å². The summed E-state index contributed by atoms with van der Waals surface area (Å²) < 4.78 is 28.0. The minimum atomic E-state index is -3.50. The first kappa shape index (κ1) is 20.9. The van der Waals surface area contributed by atoms with Gasteiger partial charge in [-0.15, -0.1) is 23.1 Å². The van der Waals surface area contributed by atoms with E-state index in [1.54, 1.807) is 28.8 Å². The molecule has 0 radical (unpaired) electrons. The Morgan fingerprint density at radius 2 is 1.78 bits per heavy atom. The van der Waals surface area contributed by atoms with E-state index in [1.807, 2.05) is 24.3 Å². The first-order valence-corrected chi connectivity index (χ1v) is 12.5. The van der Waals surface area contributed by atoms with Gasteiger partial charge in [0.25, 0.3) is 15.9 Å². The molecule has 1 fully saturated rings. The van der Waals surface area contributed by atoms with Crippen LogP contribution in [0.2, 0.25) is 0 Å². The van der Waals surface area contributed by atoms with Crippen molar-refractivity contribution in [2.24, 2.45) is 0 Å². The molecule has 1 amide bonds. The maximum absolute atomic E-state index is 13.0. The molecule has 0 N–H and O–H groups in total. The van der Waals surface area contributed by atoms with Crippen LogP contribution in [-0.2, 0) is 10.0 Å². The Hall–Kier alpha value is -0.870. The quantitative estimate of drug-likeness (QED) is 0.592. The van der Waals surface area contributed by atoms with Crippen LogP contribution in [0.15, 0.2) is 49.3 Å². The SMILES string of the molecule is CC(C)Sc1ccccc1C(=O)N1CCN(S(=O)(=O)c2ccc(Br)s2)CC1. The van der Waals surface area contributed by atoms with Crippen LogP contribution in [0.3, 0.4) is 0 Å². The Labute approximate surface area is 176 Å². The number of carbonyl (C=O) groups is 1. The third-order valence-electron chi connectivity index (χ3n) is 4.15. The maximum atomic E-state index is 13.0. The Morgan fingerprint density at radius 3 is 2.37 bits per heavy atom. The summed E-state index contributed by atoms with van der Waals surface area (Å²) in [6.07, 6.45) is 0. The van der Waals surface area contributed by atoms with E-state index < -0.39 is 10.0 Å². The third kappa shape index (κ3) is 4.76. The van der Waals surface area contributed by atoms with Crippen LogP contribution in [0.5, 0.6) is 0 Å². The molecule has 0 atom stereocenters. The fourth-order valence-corrected chi connectivity index (χ4v) is 7.40. The number of hydrogen-bond acceptors (Lipinski definition) is 5. The first-order valence-electron chi connectivity index (χ1n) is 8.59. The van der Waals surface area contributed by atoms with Crippen LogP contribution in [0.25, 0.3) is 0 Å². The molecule has 9 heteroatoms. The van der Waals surface area contributed by atoms with Crippen LogP contribution in [-0.4, -0.2) is 55.0 Å². The van der Waals surface area contributed by atoms with Gasteiger partial charge in [-0.1, -0.05) is 26.0 Å². The predicted octanol–water partition coefficient (Wildman–Crippen LogP) is 4.16. The summed E-state index contributed by atoms with van der Waals surface area (Å²) >= 11 is 6.18. The van der Waals surface area contributed by atoms with E-state index in [4.69, 9.17) is 0 Å². The first-order chi connectivity index (χ1) is 12.8. The molecule has 2 aromatic rings. The molecule has 5 nitrogen and oxygen atoms in total. The molecule has 0 bridgehead atoms. The summed E-state index contributed by atoms with van der Waals surface area (Å²) in [6, 6.07) is 11.0. The largest absolute Gasteiger partial charge is 0.336 e. The highest BCUT2D eigenvalue weighted by Crippen LogP contribution is 2.30. The lowest BCUT2D eigenvalue weighted by molar-refractivity contribution is 0.0694. The summed E-state index contributed by atoms with van der Waals surface area (Å²) in [5.74, 6) is -0.0327. The van der Waals surface area contributed by atoms with Crippen molar-refractivity contribution in [1.29, 1.82) is 0 Å². The molecule has 1 saturated heterocycles. The molecule has 1 aliphatic rings. The highest BCUT2D eigenvalue weighted by atomic mass is 79.9. The zero-order valence-corrected chi connectivity index (χ0v) is 19.1. The summed E-state index contributed by atoms with van der Waals surface area (Å²) in [5.41, 5.74) is 0.690. The normalized spacial score (nSPS) is 16.1. The predicted molar refractivity (Wildman–Crippen MR) is 114 cm³/mol. The fraction of sp³-hybridized carbons (Fsp3) is 0.389. The van der Waals surface area contributed by atoms with Gasteiger partial charge in [-0.05, 0) is 40.2 Å². The number of amides is 1. The van der Waals surface area contributed by atoms with E-state index >= 15 is 0 Å². The number of thiophene rings is 1. The highest BCUT2D eigenvalue weighted by Gasteiger charge is 2.31. The lowest BCUT2D eigenvalue weighted by atomic mass is 10.2. The second-order valence-corrected chi connectivity index (χ2v) is 12.7. The van der Waals surface area contributed by atoms with Gasteiger partial charge in [0.15, 0.2) is 0 Å². The minimum Gasteiger partial charge on any atom is -0.336 e. The van der Waals surface area contributed by atoms with E-state index in [0.29, 0.717) is 41.2 Å². The maximum Gasteiger partial charge on any atom is 0.255 e. The number of carbonyl (C=O) groups excluding carboxylic acids is 1. The van der Waals surface area contributed by atoms with Crippen molar-refractivity contribution in [2.45, 2.75) is 28.2 Å². The number of benzene rings is 1. The van der Waals surface area contributed by atoms with Crippen molar-refractivity contribution < 1.29 is 13.2 Å². The van der Waals surface area contributed by atoms with E-state index in [1.165, 1.54) is 15.6 Å².